The lowest BCUT2D eigenvalue weighted by Crippen LogP contribution is -2.18. The van der Waals surface area contributed by atoms with Crippen LogP contribution in [0.3, 0.4) is 0 Å². The zero-order chi connectivity index (χ0) is 14.4. The fourth-order valence-corrected chi connectivity index (χ4v) is 2.40. The van der Waals surface area contributed by atoms with Crippen molar-refractivity contribution in [3.63, 3.8) is 0 Å². The number of benzene rings is 1. The SMILES string of the molecule is FC(F)(F)c1cccc(CCOC2CCCNCC2)c1. The highest BCUT2D eigenvalue weighted by atomic mass is 19.4. The second-order valence-electron chi connectivity index (χ2n) is 5.12. The predicted octanol–water partition coefficient (Wildman–Crippen LogP) is 3.41. The van der Waals surface area contributed by atoms with Crippen molar-refractivity contribution in [2.45, 2.75) is 38.0 Å². The van der Waals surface area contributed by atoms with Gasteiger partial charge in [-0.15, -0.1) is 0 Å². The van der Waals surface area contributed by atoms with Gasteiger partial charge in [0.25, 0.3) is 0 Å². The molecule has 1 atom stereocenters. The van der Waals surface area contributed by atoms with Crippen molar-refractivity contribution in [2.24, 2.45) is 0 Å². The third-order valence-electron chi connectivity index (χ3n) is 3.52. The molecule has 1 N–H and O–H groups in total. The molecule has 2 nitrogen and oxygen atoms in total. The first-order valence-corrected chi connectivity index (χ1v) is 7.04. The molecule has 2 rings (SSSR count). The molecule has 1 aliphatic rings. The number of alkyl halides is 3. The van der Waals surface area contributed by atoms with E-state index in [2.05, 4.69) is 5.32 Å². The Morgan fingerprint density at radius 2 is 2.05 bits per heavy atom. The van der Waals surface area contributed by atoms with Crippen LogP contribution < -0.4 is 5.32 Å². The lowest BCUT2D eigenvalue weighted by Gasteiger charge is -2.15. The van der Waals surface area contributed by atoms with Crippen LogP contribution in [0.25, 0.3) is 0 Å². The Hall–Kier alpha value is -1.07. The molecular weight excluding hydrogens is 267 g/mol. The van der Waals surface area contributed by atoms with Gasteiger partial charge in [-0.25, -0.2) is 0 Å². The quantitative estimate of drug-likeness (QED) is 0.916. The molecule has 0 spiro atoms. The van der Waals surface area contributed by atoms with Gasteiger partial charge in [-0.3, -0.25) is 0 Å². The minimum absolute atomic E-state index is 0.232. The Kier molecular flexibility index (Phi) is 5.43. The van der Waals surface area contributed by atoms with Crippen molar-refractivity contribution in [1.29, 1.82) is 0 Å². The summed E-state index contributed by atoms with van der Waals surface area (Å²) in [5.41, 5.74) is 0.0836. The molecule has 1 saturated heterocycles. The summed E-state index contributed by atoms with van der Waals surface area (Å²) in [7, 11) is 0. The summed E-state index contributed by atoms with van der Waals surface area (Å²) in [5, 5.41) is 3.30. The van der Waals surface area contributed by atoms with Gasteiger partial charge in [0.15, 0.2) is 0 Å². The van der Waals surface area contributed by atoms with Crippen LogP contribution in [0.2, 0.25) is 0 Å². The van der Waals surface area contributed by atoms with E-state index in [-0.39, 0.29) is 6.10 Å². The number of halogens is 3. The molecule has 1 unspecified atom stereocenters. The van der Waals surface area contributed by atoms with Crippen LogP contribution >= 0.6 is 0 Å². The van der Waals surface area contributed by atoms with Gasteiger partial charge >= 0.3 is 6.18 Å². The molecule has 0 aromatic heterocycles. The van der Waals surface area contributed by atoms with Crippen LogP contribution in [0.15, 0.2) is 24.3 Å². The van der Waals surface area contributed by atoms with E-state index in [1.54, 1.807) is 6.07 Å². The molecule has 1 aliphatic heterocycles. The Morgan fingerprint density at radius 1 is 1.20 bits per heavy atom. The topological polar surface area (TPSA) is 21.3 Å². The van der Waals surface area contributed by atoms with E-state index in [9.17, 15) is 13.2 Å². The van der Waals surface area contributed by atoms with Crippen LogP contribution in [0.4, 0.5) is 13.2 Å². The van der Waals surface area contributed by atoms with Crippen molar-refractivity contribution in [2.75, 3.05) is 19.7 Å². The fraction of sp³-hybridized carbons (Fsp3) is 0.600. The van der Waals surface area contributed by atoms with E-state index in [4.69, 9.17) is 4.74 Å². The van der Waals surface area contributed by atoms with Crippen LogP contribution in [0, 0.1) is 0 Å². The number of nitrogens with one attached hydrogen (secondary N) is 1. The summed E-state index contributed by atoms with van der Waals surface area (Å²) in [6, 6.07) is 5.47. The molecule has 0 aliphatic carbocycles. The first kappa shape index (κ1) is 15.3. The molecule has 1 fully saturated rings. The number of hydrogen-bond acceptors (Lipinski definition) is 2. The van der Waals surface area contributed by atoms with E-state index < -0.39 is 11.7 Å². The number of hydrogen-bond donors (Lipinski definition) is 1. The highest BCUT2D eigenvalue weighted by molar-refractivity contribution is 5.25. The Labute approximate surface area is 117 Å². The molecule has 0 saturated carbocycles. The molecule has 1 aromatic carbocycles. The van der Waals surface area contributed by atoms with Gasteiger partial charge in [-0.1, -0.05) is 18.2 Å². The standard InChI is InChI=1S/C15H20F3NO/c16-15(17,18)13-4-1-3-12(11-13)7-10-20-14-5-2-8-19-9-6-14/h1,3-4,11,14,19H,2,5-10H2. The van der Waals surface area contributed by atoms with Gasteiger partial charge in [0.05, 0.1) is 18.3 Å². The molecule has 5 heteroatoms. The van der Waals surface area contributed by atoms with E-state index in [0.717, 1.165) is 38.4 Å². The number of ether oxygens (including phenoxy) is 1. The third-order valence-corrected chi connectivity index (χ3v) is 3.52. The summed E-state index contributed by atoms with van der Waals surface area (Å²) in [6.07, 6.45) is -0.430. The maximum Gasteiger partial charge on any atom is 0.416 e. The lowest BCUT2D eigenvalue weighted by molar-refractivity contribution is -0.137. The molecule has 1 aromatic rings. The summed E-state index contributed by atoms with van der Waals surface area (Å²) in [4.78, 5) is 0. The highest BCUT2D eigenvalue weighted by Crippen LogP contribution is 2.29. The van der Waals surface area contributed by atoms with Crippen molar-refractivity contribution >= 4 is 0 Å². The molecule has 0 amide bonds. The average Bonchev–Trinajstić information content (AvgIpc) is 2.67. The van der Waals surface area contributed by atoms with Crippen LogP contribution in [-0.2, 0) is 17.3 Å². The van der Waals surface area contributed by atoms with Crippen molar-refractivity contribution in [3.8, 4) is 0 Å². The monoisotopic (exact) mass is 287 g/mol. The van der Waals surface area contributed by atoms with Gasteiger partial charge in [0.2, 0.25) is 0 Å². The second-order valence-corrected chi connectivity index (χ2v) is 5.12. The van der Waals surface area contributed by atoms with Gasteiger partial charge in [0, 0.05) is 0 Å². The Morgan fingerprint density at radius 3 is 2.85 bits per heavy atom. The Balaban J connectivity index is 1.81. The first-order valence-electron chi connectivity index (χ1n) is 7.04. The average molecular weight is 287 g/mol. The number of rotatable bonds is 4. The lowest BCUT2D eigenvalue weighted by atomic mass is 10.1. The minimum atomic E-state index is -4.27. The molecular formula is C15H20F3NO. The summed E-state index contributed by atoms with van der Waals surface area (Å²) in [6.45, 7) is 2.45. The normalized spacial score (nSPS) is 20.6. The summed E-state index contributed by atoms with van der Waals surface area (Å²) >= 11 is 0. The zero-order valence-corrected chi connectivity index (χ0v) is 11.4. The predicted molar refractivity (Wildman–Crippen MR) is 71.6 cm³/mol. The van der Waals surface area contributed by atoms with E-state index in [0.29, 0.717) is 18.6 Å². The van der Waals surface area contributed by atoms with Crippen molar-refractivity contribution < 1.29 is 17.9 Å². The summed E-state index contributed by atoms with van der Waals surface area (Å²) in [5.74, 6) is 0. The van der Waals surface area contributed by atoms with Crippen molar-refractivity contribution in [3.05, 3.63) is 35.4 Å². The molecule has 0 bridgehead atoms. The maximum absolute atomic E-state index is 12.6. The van der Waals surface area contributed by atoms with Crippen LogP contribution in [-0.4, -0.2) is 25.8 Å². The van der Waals surface area contributed by atoms with E-state index in [1.807, 2.05) is 0 Å². The third kappa shape index (κ3) is 4.80. The first-order chi connectivity index (χ1) is 9.55. The van der Waals surface area contributed by atoms with Gasteiger partial charge in [0.1, 0.15) is 0 Å². The van der Waals surface area contributed by atoms with Crippen molar-refractivity contribution in [1.82, 2.24) is 5.32 Å². The fourth-order valence-electron chi connectivity index (χ4n) is 2.40. The van der Waals surface area contributed by atoms with E-state index in [1.165, 1.54) is 12.1 Å². The molecule has 20 heavy (non-hydrogen) atoms. The second kappa shape index (κ2) is 7.09. The zero-order valence-electron chi connectivity index (χ0n) is 11.4. The minimum Gasteiger partial charge on any atom is -0.378 e. The highest BCUT2D eigenvalue weighted by Gasteiger charge is 2.30. The Bertz CT molecular complexity index is 412. The maximum atomic E-state index is 12.6. The molecule has 0 radical (unpaired) electrons. The van der Waals surface area contributed by atoms with E-state index >= 15 is 0 Å². The molecule has 1 heterocycles. The van der Waals surface area contributed by atoms with Crippen LogP contribution in [0.1, 0.15) is 30.4 Å². The van der Waals surface area contributed by atoms with Gasteiger partial charge in [-0.05, 0) is 50.4 Å². The summed E-state index contributed by atoms with van der Waals surface area (Å²) < 4.78 is 43.5. The largest absolute Gasteiger partial charge is 0.416 e. The molecule has 112 valence electrons. The van der Waals surface area contributed by atoms with Gasteiger partial charge < -0.3 is 10.1 Å². The van der Waals surface area contributed by atoms with Crippen LogP contribution in [0.5, 0.6) is 0 Å². The smallest absolute Gasteiger partial charge is 0.378 e. The van der Waals surface area contributed by atoms with Gasteiger partial charge in [-0.2, -0.15) is 13.2 Å².